The predicted molar refractivity (Wildman–Crippen MR) is 190 cm³/mol. The van der Waals surface area contributed by atoms with Gasteiger partial charge in [-0.1, -0.05) is 138 Å². The highest BCUT2D eigenvalue weighted by atomic mass is 28.3. The first kappa shape index (κ1) is 29.6. The Hall–Kier alpha value is -3.14. The van der Waals surface area contributed by atoms with Crippen molar-refractivity contribution in [1.29, 1.82) is 0 Å². The van der Waals surface area contributed by atoms with Crippen molar-refractivity contribution in [3.05, 3.63) is 115 Å². The van der Waals surface area contributed by atoms with Gasteiger partial charge in [0.15, 0.2) is 8.07 Å². The lowest BCUT2D eigenvalue weighted by Crippen LogP contribution is -2.75. The summed E-state index contributed by atoms with van der Waals surface area (Å²) in [6, 6.07) is 41.2. The predicted octanol–water partition coefficient (Wildman–Crippen LogP) is 7.04. The number of benzene rings is 4. The Morgan fingerprint density at radius 1 is 0.614 bits per heavy atom. The lowest BCUT2D eigenvalue weighted by atomic mass is 9.42. The van der Waals surface area contributed by atoms with Gasteiger partial charge >= 0.3 is 0 Å². The highest BCUT2D eigenvalue weighted by Gasteiger charge is 2.65. The van der Waals surface area contributed by atoms with Crippen LogP contribution in [0.2, 0.25) is 0 Å². The minimum atomic E-state index is -2.63. The van der Waals surface area contributed by atoms with Gasteiger partial charge < -0.3 is 5.01 Å². The van der Waals surface area contributed by atoms with Crippen molar-refractivity contribution >= 4 is 34.5 Å². The fourth-order valence-corrected chi connectivity index (χ4v) is 14.9. The molecule has 2 N–H and O–H groups in total. The van der Waals surface area contributed by atoms with Crippen LogP contribution in [0, 0.1) is 22.7 Å². The van der Waals surface area contributed by atoms with E-state index in [-0.39, 0.29) is 16.4 Å². The summed E-state index contributed by atoms with van der Waals surface area (Å²) in [5.41, 5.74) is 2.94. The minimum absolute atomic E-state index is 0.0411. The summed E-state index contributed by atoms with van der Waals surface area (Å²) in [6.45, 7) is 15.1. The van der Waals surface area contributed by atoms with Crippen LogP contribution in [-0.2, 0) is 5.41 Å². The molecule has 0 aromatic heterocycles. The molecule has 0 amide bonds. The van der Waals surface area contributed by atoms with E-state index in [0.717, 1.165) is 11.8 Å². The number of nitrogens with zero attached hydrogens (tertiary/aromatic N) is 1. The molecule has 1 aliphatic heterocycles. The minimum Gasteiger partial charge on any atom is -0.304 e. The van der Waals surface area contributed by atoms with Gasteiger partial charge in [0.2, 0.25) is 0 Å². The lowest BCUT2D eigenvalue weighted by Gasteiger charge is -2.68. The van der Waals surface area contributed by atoms with E-state index in [1.54, 1.807) is 0 Å². The molecule has 0 radical (unpaired) electrons. The number of nitrogens with two attached hydrogens (primary N) is 1. The summed E-state index contributed by atoms with van der Waals surface area (Å²) < 4.78 is 0. The van der Waals surface area contributed by atoms with Crippen molar-refractivity contribution < 1.29 is 0 Å². The highest BCUT2D eigenvalue weighted by Crippen LogP contribution is 2.66. The monoisotopic (exact) mass is 598 g/mol. The lowest BCUT2D eigenvalue weighted by molar-refractivity contribution is -0.0736. The molecule has 4 unspecified atom stereocenters. The Kier molecular flexibility index (Phi) is 6.84. The summed E-state index contributed by atoms with van der Waals surface area (Å²) in [7, 11) is -2.63. The van der Waals surface area contributed by atoms with Crippen molar-refractivity contribution in [2.75, 3.05) is 5.01 Å². The Labute approximate surface area is 266 Å². The third kappa shape index (κ3) is 4.08. The van der Waals surface area contributed by atoms with Gasteiger partial charge in [-0.3, -0.25) is 0 Å². The maximum Gasteiger partial charge on any atom is 0.179 e. The molecule has 0 bridgehead atoms. The summed E-state index contributed by atoms with van der Waals surface area (Å²) in [5.74, 6) is 8.89. The molecule has 2 fully saturated rings. The molecule has 2 aliphatic carbocycles. The second-order valence-electron chi connectivity index (χ2n) is 16.0. The smallest absolute Gasteiger partial charge is 0.179 e. The van der Waals surface area contributed by atoms with Crippen molar-refractivity contribution in [3.63, 3.8) is 0 Å². The molecular formula is C41H50N2Si. The fraction of sp³-hybridized carbons (Fsp3) is 0.415. The third-order valence-corrected chi connectivity index (χ3v) is 17.9. The van der Waals surface area contributed by atoms with Crippen LogP contribution in [0.3, 0.4) is 0 Å². The zero-order chi connectivity index (χ0) is 31.0. The zero-order valence-electron chi connectivity index (χ0n) is 27.6. The van der Waals surface area contributed by atoms with Gasteiger partial charge in [-0.25, -0.2) is 5.84 Å². The number of anilines is 1. The molecule has 4 aromatic rings. The van der Waals surface area contributed by atoms with Gasteiger partial charge in [-0.05, 0) is 94.1 Å². The largest absolute Gasteiger partial charge is 0.304 e. The van der Waals surface area contributed by atoms with Crippen LogP contribution in [0.1, 0.15) is 79.2 Å². The molecule has 0 saturated heterocycles. The van der Waals surface area contributed by atoms with Gasteiger partial charge in [-0.2, -0.15) is 0 Å². The van der Waals surface area contributed by atoms with Crippen LogP contribution in [0.15, 0.2) is 109 Å². The summed E-state index contributed by atoms with van der Waals surface area (Å²) >= 11 is 0. The molecule has 1 heterocycles. The molecular weight excluding hydrogens is 549 g/mol. The average Bonchev–Trinajstić information content (AvgIpc) is 3.02. The van der Waals surface area contributed by atoms with Crippen LogP contribution in [0.5, 0.6) is 0 Å². The van der Waals surface area contributed by atoms with E-state index in [9.17, 15) is 0 Å². The van der Waals surface area contributed by atoms with Crippen LogP contribution in [-0.4, -0.2) is 13.6 Å². The standard InChI is InChI=1S/C41H50N2Si/c1-38(2)25-24-30-28-40(5)39(3,4)36-26-35(22-23-37(36)43(42)41(40,6)29-31(30)27-38)44(32-16-10-7-11-17-32,33-18-12-8-13-19-33)34-20-14-9-15-21-34/h7-23,26,30-31H,24-25,27-29,42H2,1-6H3. The summed E-state index contributed by atoms with van der Waals surface area (Å²) in [5, 5.41) is 7.90. The van der Waals surface area contributed by atoms with E-state index in [1.807, 2.05) is 0 Å². The average molecular weight is 599 g/mol. The Morgan fingerprint density at radius 2 is 1.14 bits per heavy atom. The second kappa shape index (κ2) is 10.2. The van der Waals surface area contributed by atoms with Crippen LogP contribution >= 0.6 is 0 Å². The van der Waals surface area contributed by atoms with Crippen molar-refractivity contribution in [3.8, 4) is 0 Å². The quantitative estimate of drug-likeness (QED) is 0.155. The number of rotatable bonds is 4. The normalized spacial score (nSPS) is 28.8. The van der Waals surface area contributed by atoms with Crippen LogP contribution in [0.25, 0.3) is 0 Å². The van der Waals surface area contributed by atoms with Gasteiger partial charge in [0, 0.05) is 5.41 Å². The van der Waals surface area contributed by atoms with E-state index < -0.39 is 8.07 Å². The van der Waals surface area contributed by atoms with E-state index in [0.29, 0.717) is 5.41 Å². The van der Waals surface area contributed by atoms with E-state index in [4.69, 9.17) is 5.84 Å². The molecule has 7 rings (SSSR count). The Morgan fingerprint density at radius 3 is 1.66 bits per heavy atom. The zero-order valence-corrected chi connectivity index (χ0v) is 28.6. The maximum atomic E-state index is 7.37. The first-order valence-corrected chi connectivity index (χ1v) is 18.8. The van der Waals surface area contributed by atoms with Crippen LogP contribution < -0.4 is 31.6 Å². The Balaban J connectivity index is 1.46. The van der Waals surface area contributed by atoms with Crippen LogP contribution in [0.4, 0.5) is 5.69 Å². The second-order valence-corrected chi connectivity index (χ2v) is 19.8. The SMILES string of the molecule is CC1(C)CCC2CC3(C)C(C)(C)c4cc([Si](c5ccccc5)(c5ccccc5)c5ccccc5)ccc4N(N)C3(C)CC2C1. The molecule has 2 nitrogen and oxygen atoms in total. The third-order valence-electron chi connectivity index (χ3n) is 13.1. The molecule has 0 spiro atoms. The number of hydrogen-bond donors (Lipinski definition) is 1. The number of fused-ring (bicyclic) bond motifs is 3. The molecule has 4 atom stereocenters. The first-order chi connectivity index (χ1) is 20.9. The highest BCUT2D eigenvalue weighted by molar-refractivity contribution is 7.19. The van der Waals surface area contributed by atoms with Gasteiger partial charge in [0.1, 0.15) is 0 Å². The fourth-order valence-electron chi connectivity index (χ4n) is 10.2. The molecule has 3 heteroatoms. The van der Waals surface area contributed by atoms with Crippen molar-refractivity contribution in [1.82, 2.24) is 0 Å². The number of hydrogen-bond acceptors (Lipinski definition) is 2. The van der Waals surface area contributed by atoms with Gasteiger partial charge in [-0.15, -0.1) is 0 Å². The van der Waals surface area contributed by atoms with E-state index >= 15 is 0 Å². The number of hydrazine groups is 1. The van der Waals surface area contributed by atoms with E-state index in [1.165, 1.54) is 64.1 Å². The topological polar surface area (TPSA) is 29.3 Å². The summed E-state index contributed by atoms with van der Waals surface area (Å²) in [4.78, 5) is 0. The van der Waals surface area contributed by atoms with E-state index in [2.05, 4.69) is 156 Å². The summed E-state index contributed by atoms with van der Waals surface area (Å²) in [6.07, 6.45) is 6.43. The van der Waals surface area contributed by atoms with Gasteiger partial charge in [0.05, 0.1) is 11.2 Å². The first-order valence-electron chi connectivity index (χ1n) is 16.8. The Bertz CT molecular complexity index is 1550. The molecule has 4 aromatic carbocycles. The molecule has 2 saturated carbocycles. The van der Waals surface area contributed by atoms with Crippen molar-refractivity contribution in [2.24, 2.45) is 28.5 Å². The molecule has 44 heavy (non-hydrogen) atoms. The molecule has 228 valence electrons. The molecule has 3 aliphatic rings. The van der Waals surface area contributed by atoms with Crippen molar-refractivity contribution in [2.45, 2.75) is 84.6 Å². The van der Waals surface area contributed by atoms with Gasteiger partial charge in [0.25, 0.3) is 0 Å². The maximum absolute atomic E-state index is 7.37.